The second kappa shape index (κ2) is 7.87. The summed E-state index contributed by atoms with van der Waals surface area (Å²) in [7, 11) is 0. The number of anilines is 2. The molecule has 0 bridgehead atoms. The minimum atomic E-state index is -0.159. The number of carbonyl (C=O) groups is 1. The van der Waals surface area contributed by atoms with E-state index >= 15 is 0 Å². The number of carbonyl (C=O) groups excluding carboxylic acids is 1. The van der Waals surface area contributed by atoms with Gasteiger partial charge in [-0.15, -0.1) is 0 Å². The molecule has 8 nitrogen and oxygen atoms in total. The smallest absolute Gasteiger partial charge is 0.270 e. The highest BCUT2D eigenvalue weighted by Gasteiger charge is 2.20. The Morgan fingerprint density at radius 2 is 1.76 bits per heavy atom. The largest absolute Gasteiger partial charge is 0.353 e. The molecule has 0 unspecified atom stereocenters. The van der Waals surface area contributed by atoms with Crippen LogP contribution in [0, 0.1) is 5.92 Å². The van der Waals surface area contributed by atoms with Crippen LogP contribution in [0.1, 0.15) is 24.3 Å². The molecule has 0 aliphatic carbocycles. The third kappa shape index (κ3) is 4.40. The van der Waals surface area contributed by atoms with Gasteiger partial charge in [-0.05, 0) is 12.0 Å². The molecule has 2 aromatic heterocycles. The quantitative estimate of drug-likeness (QED) is 0.867. The lowest BCUT2D eigenvalue weighted by atomic mass is 10.2. The van der Waals surface area contributed by atoms with Crippen molar-refractivity contribution in [1.82, 2.24) is 25.3 Å². The van der Waals surface area contributed by atoms with Crippen molar-refractivity contribution in [1.29, 1.82) is 0 Å². The van der Waals surface area contributed by atoms with Crippen LogP contribution in [0.2, 0.25) is 0 Å². The van der Waals surface area contributed by atoms with Crippen LogP contribution >= 0.6 is 0 Å². The second-order valence-corrected chi connectivity index (χ2v) is 6.39. The van der Waals surface area contributed by atoms with E-state index in [1.165, 1.54) is 6.33 Å². The number of amides is 1. The molecule has 0 radical (unpaired) electrons. The van der Waals surface area contributed by atoms with Crippen molar-refractivity contribution in [2.75, 3.05) is 42.5 Å². The number of rotatable bonds is 5. The predicted octanol–water partition coefficient (Wildman–Crippen LogP) is 0.979. The molecule has 1 aliphatic rings. The van der Waals surface area contributed by atoms with Crippen LogP contribution in [-0.4, -0.2) is 58.6 Å². The van der Waals surface area contributed by atoms with Crippen LogP contribution in [0.25, 0.3) is 0 Å². The van der Waals surface area contributed by atoms with Crippen molar-refractivity contribution < 1.29 is 4.79 Å². The van der Waals surface area contributed by atoms with Gasteiger partial charge in [0, 0.05) is 51.2 Å². The number of nitrogens with one attached hydrogen (secondary N) is 1. The molecule has 1 N–H and O–H groups in total. The fraction of sp³-hybridized carbons (Fsp3) is 0.471. The summed E-state index contributed by atoms with van der Waals surface area (Å²) >= 11 is 0. The van der Waals surface area contributed by atoms with E-state index in [1.54, 1.807) is 18.5 Å². The first kappa shape index (κ1) is 17.1. The lowest BCUT2D eigenvalue weighted by molar-refractivity contribution is 0.0944. The average Bonchev–Trinajstić information content (AvgIpc) is 2.67. The zero-order valence-electron chi connectivity index (χ0n) is 14.6. The van der Waals surface area contributed by atoms with Gasteiger partial charge in [0.2, 0.25) is 5.95 Å². The van der Waals surface area contributed by atoms with Gasteiger partial charge in [0.15, 0.2) is 0 Å². The molecular formula is C17H23N7O. The first-order chi connectivity index (χ1) is 12.1. The number of nitrogens with zero attached hydrogens (tertiary/aromatic N) is 6. The summed E-state index contributed by atoms with van der Waals surface area (Å²) in [6.07, 6.45) is 4.95. The van der Waals surface area contributed by atoms with E-state index in [9.17, 15) is 4.79 Å². The highest BCUT2D eigenvalue weighted by atomic mass is 16.1. The minimum absolute atomic E-state index is 0.159. The van der Waals surface area contributed by atoms with Crippen molar-refractivity contribution in [3.05, 3.63) is 36.5 Å². The molecule has 132 valence electrons. The van der Waals surface area contributed by atoms with Crippen LogP contribution in [0.4, 0.5) is 11.8 Å². The Bertz CT molecular complexity index is 699. The summed E-state index contributed by atoms with van der Waals surface area (Å²) in [6.45, 7) is 7.95. The molecular weight excluding hydrogens is 318 g/mol. The molecule has 8 heteroatoms. The Kier molecular flexibility index (Phi) is 5.37. The Morgan fingerprint density at radius 1 is 1.08 bits per heavy atom. The molecule has 1 saturated heterocycles. The Morgan fingerprint density at radius 3 is 2.44 bits per heavy atom. The third-order valence-corrected chi connectivity index (χ3v) is 3.99. The van der Waals surface area contributed by atoms with Crippen LogP contribution in [0.5, 0.6) is 0 Å². The first-order valence-electron chi connectivity index (χ1n) is 8.50. The molecule has 0 spiro atoms. The van der Waals surface area contributed by atoms with E-state index in [-0.39, 0.29) is 5.91 Å². The van der Waals surface area contributed by atoms with Crippen molar-refractivity contribution in [2.24, 2.45) is 5.92 Å². The van der Waals surface area contributed by atoms with E-state index < -0.39 is 0 Å². The lowest BCUT2D eigenvalue weighted by Gasteiger charge is -2.35. The maximum absolute atomic E-state index is 12.2. The van der Waals surface area contributed by atoms with Gasteiger partial charge in [-0.1, -0.05) is 13.8 Å². The zero-order chi connectivity index (χ0) is 17.6. The molecule has 1 aliphatic heterocycles. The number of hydrogen-bond donors (Lipinski definition) is 1. The lowest BCUT2D eigenvalue weighted by Crippen LogP contribution is -2.47. The Hall–Kier alpha value is -2.77. The standard InChI is InChI=1S/C17H23N7O/c1-13(2)11-20-16(25)14-10-15(22-12-21-14)23-6-8-24(9-7-23)17-18-4-3-5-19-17/h3-5,10,12-13H,6-9,11H2,1-2H3,(H,20,25). The predicted molar refractivity (Wildman–Crippen MR) is 95.7 cm³/mol. The summed E-state index contributed by atoms with van der Waals surface area (Å²) in [5, 5.41) is 2.88. The maximum Gasteiger partial charge on any atom is 0.270 e. The molecule has 3 heterocycles. The van der Waals surface area contributed by atoms with E-state index in [2.05, 4.69) is 48.9 Å². The molecule has 25 heavy (non-hydrogen) atoms. The summed E-state index contributed by atoms with van der Waals surface area (Å²) in [5.41, 5.74) is 0.402. The van der Waals surface area contributed by atoms with Crippen molar-refractivity contribution in [2.45, 2.75) is 13.8 Å². The molecule has 2 aromatic rings. The van der Waals surface area contributed by atoms with Crippen molar-refractivity contribution >= 4 is 17.7 Å². The molecule has 0 saturated carbocycles. The maximum atomic E-state index is 12.2. The van der Waals surface area contributed by atoms with Crippen LogP contribution in [-0.2, 0) is 0 Å². The zero-order valence-corrected chi connectivity index (χ0v) is 14.6. The van der Waals surface area contributed by atoms with Gasteiger partial charge in [0.05, 0.1) is 0 Å². The van der Waals surface area contributed by atoms with E-state index in [1.807, 2.05) is 6.07 Å². The average molecular weight is 341 g/mol. The van der Waals surface area contributed by atoms with Gasteiger partial charge < -0.3 is 15.1 Å². The van der Waals surface area contributed by atoms with Crippen molar-refractivity contribution in [3.63, 3.8) is 0 Å². The fourth-order valence-corrected chi connectivity index (χ4v) is 2.62. The number of aromatic nitrogens is 4. The molecule has 3 rings (SSSR count). The third-order valence-electron chi connectivity index (χ3n) is 3.99. The minimum Gasteiger partial charge on any atom is -0.353 e. The second-order valence-electron chi connectivity index (χ2n) is 6.39. The monoisotopic (exact) mass is 341 g/mol. The summed E-state index contributed by atoms with van der Waals surface area (Å²) in [5.74, 6) is 1.77. The molecule has 0 aromatic carbocycles. The van der Waals surface area contributed by atoms with E-state index in [0.717, 1.165) is 37.9 Å². The normalized spacial score (nSPS) is 14.7. The highest BCUT2D eigenvalue weighted by molar-refractivity contribution is 5.92. The SMILES string of the molecule is CC(C)CNC(=O)c1cc(N2CCN(c3ncccn3)CC2)ncn1. The fourth-order valence-electron chi connectivity index (χ4n) is 2.62. The van der Waals surface area contributed by atoms with Gasteiger partial charge in [0.25, 0.3) is 5.91 Å². The van der Waals surface area contributed by atoms with Crippen LogP contribution < -0.4 is 15.1 Å². The summed E-state index contributed by atoms with van der Waals surface area (Å²) in [6, 6.07) is 3.57. The van der Waals surface area contributed by atoms with Crippen LogP contribution in [0.15, 0.2) is 30.9 Å². The van der Waals surface area contributed by atoms with Crippen LogP contribution in [0.3, 0.4) is 0 Å². The highest BCUT2D eigenvalue weighted by Crippen LogP contribution is 2.16. The number of hydrogen-bond acceptors (Lipinski definition) is 7. The van der Waals surface area contributed by atoms with Crippen molar-refractivity contribution in [3.8, 4) is 0 Å². The Balaban J connectivity index is 1.62. The van der Waals surface area contributed by atoms with Gasteiger partial charge in [0.1, 0.15) is 17.8 Å². The summed E-state index contributed by atoms with van der Waals surface area (Å²) in [4.78, 5) is 33.5. The van der Waals surface area contributed by atoms with Gasteiger partial charge in [-0.2, -0.15) is 0 Å². The van der Waals surface area contributed by atoms with Gasteiger partial charge in [-0.3, -0.25) is 4.79 Å². The first-order valence-corrected chi connectivity index (χ1v) is 8.50. The van der Waals surface area contributed by atoms with Gasteiger partial charge >= 0.3 is 0 Å². The number of piperazine rings is 1. The van der Waals surface area contributed by atoms with E-state index in [4.69, 9.17) is 0 Å². The Labute approximate surface area is 147 Å². The van der Waals surface area contributed by atoms with Gasteiger partial charge in [-0.25, -0.2) is 19.9 Å². The van der Waals surface area contributed by atoms with E-state index in [0.29, 0.717) is 18.2 Å². The topological polar surface area (TPSA) is 87.1 Å². The molecule has 0 atom stereocenters. The molecule has 1 amide bonds. The molecule has 1 fully saturated rings. The summed E-state index contributed by atoms with van der Waals surface area (Å²) < 4.78 is 0.